The average Bonchev–Trinajstić information content (AvgIpc) is 3.03. The maximum Gasteiger partial charge on any atom is 0.263 e. The predicted molar refractivity (Wildman–Crippen MR) is 182 cm³/mol. The Kier molecular flexibility index (Phi) is 9.28. The van der Waals surface area contributed by atoms with Crippen LogP contribution in [-0.2, 0) is 20.2 Å². The van der Waals surface area contributed by atoms with Crippen LogP contribution in [0.4, 0.5) is 28.7 Å². The summed E-state index contributed by atoms with van der Waals surface area (Å²) < 4.78 is 40.6. The molecule has 0 atom stereocenters. The summed E-state index contributed by atoms with van der Waals surface area (Å²) in [5.41, 5.74) is 3.85. The van der Waals surface area contributed by atoms with Crippen LogP contribution in [0.2, 0.25) is 0 Å². The Morgan fingerprint density at radius 3 is 2.02 bits per heavy atom. The van der Waals surface area contributed by atoms with Gasteiger partial charge in [0.15, 0.2) is 11.6 Å². The second kappa shape index (κ2) is 13.3. The van der Waals surface area contributed by atoms with Crippen LogP contribution in [0.5, 0.6) is 11.5 Å². The number of anilines is 5. The van der Waals surface area contributed by atoms with Gasteiger partial charge in [0.25, 0.3) is 10.0 Å². The first-order chi connectivity index (χ1) is 21.9. The lowest BCUT2D eigenvalue weighted by Crippen LogP contribution is -2.22. The Morgan fingerprint density at radius 2 is 1.37 bits per heavy atom. The van der Waals surface area contributed by atoms with Crippen LogP contribution < -0.4 is 30.1 Å². The third-order valence-corrected chi connectivity index (χ3v) is 8.36. The summed E-state index contributed by atoms with van der Waals surface area (Å²) in [6.07, 6.45) is 0. The van der Waals surface area contributed by atoms with Gasteiger partial charge in [-0.1, -0.05) is 51.1 Å². The van der Waals surface area contributed by atoms with Crippen LogP contribution in [0, 0.1) is 0 Å². The molecule has 46 heavy (non-hydrogen) atoms. The third kappa shape index (κ3) is 7.83. The van der Waals surface area contributed by atoms with E-state index in [0.29, 0.717) is 33.9 Å². The Bertz CT molecular complexity index is 1970. The zero-order chi connectivity index (χ0) is 32.9. The van der Waals surface area contributed by atoms with Crippen molar-refractivity contribution in [3.05, 3.63) is 96.6 Å². The molecule has 4 N–H and O–H groups in total. The van der Waals surface area contributed by atoms with Crippen molar-refractivity contribution < 1.29 is 22.7 Å². The number of nitrogens with zero attached hydrogens (tertiary/aromatic N) is 2. The van der Waals surface area contributed by atoms with Crippen molar-refractivity contribution in [2.24, 2.45) is 0 Å². The minimum absolute atomic E-state index is 0.000407. The van der Waals surface area contributed by atoms with Gasteiger partial charge in [0.2, 0.25) is 5.91 Å². The molecule has 0 aliphatic carbocycles. The van der Waals surface area contributed by atoms with Gasteiger partial charge in [-0.15, -0.1) is 0 Å². The van der Waals surface area contributed by atoms with Crippen LogP contribution in [-0.4, -0.2) is 45.1 Å². The van der Waals surface area contributed by atoms with E-state index in [9.17, 15) is 13.2 Å². The normalized spacial score (nSPS) is 11.5. The molecule has 11 nitrogen and oxygen atoms in total. The number of rotatable bonds is 11. The number of ether oxygens (including phenoxy) is 2. The lowest BCUT2D eigenvalue weighted by molar-refractivity contribution is -0.114. The lowest BCUT2D eigenvalue weighted by Gasteiger charge is -2.20. The zero-order valence-corrected chi connectivity index (χ0v) is 27.0. The Hall–Kier alpha value is -5.36. The van der Waals surface area contributed by atoms with Gasteiger partial charge in [0.1, 0.15) is 11.5 Å². The molecule has 0 saturated heterocycles. The molecular formula is C34H36N6O5S. The number of hydrogen-bond acceptors (Lipinski definition) is 9. The number of fused-ring (bicyclic) bond motifs is 1. The summed E-state index contributed by atoms with van der Waals surface area (Å²) in [6, 6.07) is 26.2. The molecule has 5 rings (SSSR count). The largest absolute Gasteiger partial charge is 0.497 e. The van der Waals surface area contributed by atoms with Crippen molar-refractivity contribution in [3.8, 4) is 11.5 Å². The van der Waals surface area contributed by atoms with Gasteiger partial charge in [-0.25, -0.2) is 18.4 Å². The fourth-order valence-electron chi connectivity index (χ4n) is 4.59. The van der Waals surface area contributed by atoms with E-state index in [-0.39, 0.29) is 34.4 Å². The molecule has 1 aromatic heterocycles. The first-order valence-corrected chi connectivity index (χ1v) is 16.0. The Morgan fingerprint density at radius 1 is 0.739 bits per heavy atom. The van der Waals surface area contributed by atoms with Gasteiger partial charge >= 0.3 is 0 Å². The summed E-state index contributed by atoms with van der Waals surface area (Å²) in [6.45, 7) is 6.36. The fourth-order valence-corrected chi connectivity index (χ4v) is 5.64. The number of para-hydroxylation sites is 2. The van der Waals surface area contributed by atoms with Crippen LogP contribution in [0.25, 0.3) is 11.0 Å². The highest BCUT2D eigenvalue weighted by Gasteiger charge is 2.20. The SMILES string of the molecule is COc1cc(Nc2nc3ccccc3nc2NS(=O)(=O)c2cccc(NC(=O)CNc3cccc(C(C)(C)C)c3)c2)cc(OC)c1. The molecule has 4 aromatic carbocycles. The minimum Gasteiger partial charge on any atom is -0.497 e. The maximum absolute atomic E-state index is 13.6. The number of carbonyl (C=O) groups excluding carboxylic acids is 1. The van der Waals surface area contributed by atoms with Crippen LogP contribution >= 0.6 is 0 Å². The lowest BCUT2D eigenvalue weighted by atomic mass is 9.87. The smallest absolute Gasteiger partial charge is 0.263 e. The van der Waals surface area contributed by atoms with E-state index in [0.717, 1.165) is 11.3 Å². The second-order valence-electron chi connectivity index (χ2n) is 11.5. The molecule has 0 aliphatic rings. The van der Waals surface area contributed by atoms with Crippen molar-refractivity contribution in [2.45, 2.75) is 31.1 Å². The number of hydrogen-bond donors (Lipinski definition) is 4. The first-order valence-electron chi connectivity index (χ1n) is 14.5. The highest BCUT2D eigenvalue weighted by molar-refractivity contribution is 7.92. The molecule has 0 saturated carbocycles. The minimum atomic E-state index is -4.16. The van der Waals surface area contributed by atoms with Crippen molar-refractivity contribution >= 4 is 55.7 Å². The van der Waals surface area contributed by atoms with Gasteiger partial charge in [-0.2, -0.15) is 0 Å². The molecule has 0 spiro atoms. The maximum atomic E-state index is 13.6. The van der Waals surface area contributed by atoms with Gasteiger partial charge in [-0.05, 0) is 53.4 Å². The second-order valence-corrected chi connectivity index (χ2v) is 13.2. The average molecular weight is 641 g/mol. The van der Waals surface area contributed by atoms with E-state index in [4.69, 9.17) is 9.47 Å². The molecule has 0 bridgehead atoms. The number of amides is 1. The molecule has 0 aliphatic heterocycles. The highest BCUT2D eigenvalue weighted by atomic mass is 32.2. The number of methoxy groups -OCH3 is 2. The predicted octanol–water partition coefficient (Wildman–Crippen LogP) is 6.54. The standard InChI is InChI=1S/C34H36N6O5S/c1-34(2,3)22-10-8-11-23(16-22)35-21-31(41)36-24-12-9-13-28(19-24)46(42,43)40-33-32(38-29-14-6-7-15-30(29)39-33)37-25-17-26(44-4)20-27(18-25)45-5/h6-20,35H,21H2,1-5H3,(H,36,41)(H,37,38)(H,39,40). The van der Waals surface area contributed by atoms with Gasteiger partial charge in [0, 0.05) is 35.3 Å². The van der Waals surface area contributed by atoms with Crippen molar-refractivity contribution in [1.82, 2.24) is 9.97 Å². The van der Waals surface area contributed by atoms with Crippen molar-refractivity contribution in [1.29, 1.82) is 0 Å². The molecular weight excluding hydrogens is 604 g/mol. The number of aromatic nitrogens is 2. The number of carbonyl (C=O) groups is 1. The van der Waals surface area contributed by atoms with E-state index < -0.39 is 10.0 Å². The van der Waals surface area contributed by atoms with E-state index in [1.54, 1.807) is 48.5 Å². The summed E-state index contributed by atoms with van der Waals surface area (Å²) in [5.74, 6) is 0.889. The van der Waals surface area contributed by atoms with Gasteiger partial charge < -0.3 is 25.4 Å². The fraction of sp³-hybridized carbons (Fsp3) is 0.206. The number of sulfonamides is 1. The van der Waals surface area contributed by atoms with E-state index in [1.165, 1.54) is 26.4 Å². The first kappa shape index (κ1) is 32.0. The highest BCUT2D eigenvalue weighted by Crippen LogP contribution is 2.32. The summed E-state index contributed by atoms with van der Waals surface area (Å²) in [4.78, 5) is 21.9. The number of nitrogens with one attached hydrogen (secondary N) is 4. The van der Waals surface area contributed by atoms with E-state index in [1.807, 2.05) is 30.3 Å². The summed E-state index contributed by atoms with van der Waals surface area (Å²) >= 11 is 0. The van der Waals surface area contributed by atoms with E-state index >= 15 is 0 Å². The van der Waals surface area contributed by atoms with Crippen molar-refractivity contribution in [2.75, 3.05) is 41.4 Å². The van der Waals surface area contributed by atoms with Crippen molar-refractivity contribution in [3.63, 3.8) is 0 Å². The van der Waals surface area contributed by atoms with Crippen LogP contribution in [0.15, 0.2) is 95.9 Å². The third-order valence-electron chi connectivity index (χ3n) is 7.03. The van der Waals surface area contributed by atoms with E-state index in [2.05, 4.69) is 51.4 Å². The molecule has 0 fully saturated rings. The summed E-state index contributed by atoms with van der Waals surface area (Å²) in [5, 5.41) is 9.03. The monoisotopic (exact) mass is 640 g/mol. The Balaban J connectivity index is 1.36. The topological polar surface area (TPSA) is 144 Å². The van der Waals surface area contributed by atoms with Gasteiger partial charge in [0.05, 0.1) is 36.7 Å². The Labute approximate surface area is 268 Å². The summed E-state index contributed by atoms with van der Waals surface area (Å²) in [7, 11) is -1.09. The molecule has 238 valence electrons. The quantitative estimate of drug-likeness (QED) is 0.127. The molecule has 1 heterocycles. The van der Waals surface area contributed by atoms with Crippen LogP contribution in [0.3, 0.4) is 0 Å². The van der Waals surface area contributed by atoms with Gasteiger partial charge in [-0.3, -0.25) is 9.52 Å². The molecule has 0 radical (unpaired) electrons. The zero-order valence-electron chi connectivity index (χ0n) is 26.2. The molecule has 12 heteroatoms. The van der Waals surface area contributed by atoms with Crippen LogP contribution in [0.1, 0.15) is 26.3 Å². The number of benzene rings is 4. The molecule has 1 amide bonds. The molecule has 0 unspecified atom stereocenters. The molecule has 5 aromatic rings.